The van der Waals surface area contributed by atoms with Gasteiger partial charge in [-0.1, -0.05) is 33.4 Å². The molecule has 0 aromatic carbocycles. The first kappa shape index (κ1) is 22.0. The quantitative estimate of drug-likeness (QED) is 0.314. The third-order valence-electron chi connectivity index (χ3n) is 5.31. The Balaban J connectivity index is 1.79. The van der Waals surface area contributed by atoms with Gasteiger partial charge in [-0.2, -0.15) is 0 Å². The van der Waals surface area contributed by atoms with Crippen molar-refractivity contribution < 1.29 is 19.1 Å². The zero-order valence-corrected chi connectivity index (χ0v) is 18.8. The Morgan fingerprint density at radius 2 is 1.96 bits per heavy atom. The molecule has 1 heterocycles. The first-order valence-electron chi connectivity index (χ1n) is 10.3. The summed E-state index contributed by atoms with van der Waals surface area (Å²) in [6, 6.07) is 1.30. The number of ether oxygens (including phenoxy) is 2. The molecule has 2 aliphatic rings. The first-order chi connectivity index (χ1) is 12.7. The molecular weight excluding hydrogens is 362 g/mol. The maximum absolute atomic E-state index is 12.2. The van der Waals surface area contributed by atoms with Gasteiger partial charge in [0.1, 0.15) is 12.7 Å². The number of epoxide rings is 1. The van der Waals surface area contributed by atoms with Crippen molar-refractivity contribution in [2.75, 3.05) is 26.3 Å². The number of hydrogen-bond donors (Lipinski definition) is 3. The zero-order valence-electron chi connectivity index (χ0n) is 17.4. The van der Waals surface area contributed by atoms with Gasteiger partial charge < -0.3 is 25.4 Å². The van der Waals surface area contributed by atoms with E-state index in [1.54, 1.807) is 0 Å². The monoisotopic (exact) mass is 399 g/mol. The normalized spacial score (nSPS) is 29.3. The average molecular weight is 400 g/mol. The minimum absolute atomic E-state index is 0.0726. The van der Waals surface area contributed by atoms with Gasteiger partial charge in [-0.25, -0.2) is 9.59 Å². The van der Waals surface area contributed by atoms with Gasteiger partial charge in [0.15, 0.2) is 0 Å². The maximum atomic E-state index is 12.2. The third-order valence-corrected chi connectivity index (χ3v) is 6.51. The topological polar surface area (TPSA) is 92.0 Å². The summed E-state index contributed by atoms with van der Waals surface area (Å²) < 4.78 is 10.2. The lowest BCUT2D eigenvalue weighted by Gasteiger charge is -2.46. The molecule has 2 fully saturated rings. The van der Waals surface area contributed by atoms with Crippen molar-refractivity contribution in [3.05, 3.63) is 0 Å². The maximum Gasteiger partial charge on any atom is 0.407 e. The number of carbonyl (C=O) groups excluding carboxylic acids is 2. The molecule has 0 spiro atoms. The Bertz CT molecular complexity index is 513. The van der Waals surface area contributed by atoms with Crippen LogP contribution in [0.15, 0.2) is 0 Å². The Morgan fingerprint density at radius 1 is 1.22 bits per heavy atom. The highest BCUT2D eigenvalue weighted by Crippen LogP contribution is 2.45. The van der Waals surface area contributed by atoms with Crippen LogP contribution in [0.4, 0.5) is 9.59 Å². The molecule has 0 radical (unpaired) electrons. The van der Waals surface area contributed by atoms with E-state index in [0.29, 0.717) is 19.8 Å². The molecule has 2 rings (SSSR count). The number of rotatable bonds is 9. The second kappa shape index (κ2) is 9.77. The van der Waals surface area contributed by atoms with Gasteiger partial charge in [0, 0.05) is 28.7 Å². The molecule has 1 aliphatic heterocycles. The molecule has 8 heteroatoms. The Hall–Kier alpha value is -1.28. The molecule has 0 aromatic rings. The minimum Gasteiger partial charge on any atom is -0.447 e. The van der Waals surface area contributed by atoms with Crippen molar-refractivity contribution >= 4 is 21.6 Å². The molecule has 0 aromatic heterocycles. The average Bonchev–Trinajstić information content (AvgIpc) is 3.37. The lowest BCUT2D eigenvalue weighted by Crippen LogP contribution is -2.52. The summed E-state index contributed by atoms with van der Waals surface area (Å²) in [4.78, 5) is 24.1. The van der Waals surface area contributed by atoms with Crippen LogP contribution >= 0.6 is 0 Å². The molecule has 3 atom stereocenters. The second-order valence-electron chi connectivity index (χ2n) is 9.27. The summed E-state index contributed by atoms with van der Waals surface area (Å²) >= 11 is 0. The highest BCUT2D eigenvalue weighted by atomic mass is 28.2. The molecule has 156 valence electrons. The van der Waals surface area contributed by atoms with Gasteiger partial charge >= 0.3 is 12.1 Å². The molecule has 3 N–H and O–H groups in total. The fourth-order valence-corrected chi connectivity index (χ4v) is 5.10. The largest absolute Gasteiger partial charge is 0.447 e. The summed E-state index contributed by atoms with van der Waals surface area (Å²) in [7, 11) is 0.0726. The molecule has 27 heavy (non-hydrogen) atoms. The van der Waals surface area contributed by atoms with Crippen molar-refractivity contribution in [2.24, 2.45) is 10.8 Å². The summed E-state index contributed by atoms with van der Waals surface area (Å²) in [5.74, 6) is 0. The van der Waals surface area contributed by atoms with E-state index in [2.05, 4.69) is 43.3 Å². The highest BCUT2D eigenvalue weighted by Gasteiger charge is 2.42. The molecule has 1 aliphatic carbocycles. The number of alkyl carbamates (subject to hydrolysis) is 1. The minimum atomic E-state index is -0.392. The van der Waals surface area contributed by atoms with E-state index in [1.165, 1.54) is 6.04 Å². The van der Waals surface area contributed by atoms with Gasteiger partial charge in [-0.05, 0) is 36.5 Å². The van der Waals surface area contributed by atoms with Crippen LogP contribution in [0.25, 0.3) is 0 Å². The number of nitrogens with one attached hydrogen (secondary N) is 3. The highest BCUT2D eigenvalue weighted by molar-refractivity contribution is 6.33. The van der Waals surface area contributed by atoms with Crippen molar-refractivity contribution in [1.29, 1.82) is 0 Å². The van der Waals surface area contributed by atoms with Gasteiger partial charge in [0.2, 0.25) is 0 Å². The van der Waals surface area contributed by atoms with Crippen LogP contribution in [0, 0.1) is 10.8 Å². The van der Waals surface area contributed by atoms with Gasteiger partial charge in [0.25, 0.3) is 0 Å². The number of amides is 3. The van der Waals surface area contributed by atoms with Crippen molar-refractivity contribution in [2.45, 2.75) is 71.2 Å². The molecule has 3 unspecified atom stereocenters. The molecule has 3 amide bonds. The van der Waals surface area contributed by atoms with E-state index in [0.717, 1.165) is 32.2 Å². The second-order valence-corrected chi connectivity index (χ2v) is 11.0. The van der Waals surface area contributed by atoms with Crippen LogP contribution in [0.1, 0.15) is 46.5 Å². The molecular formula is C19H37N3O4Si. The van der Waals surface area contributed by atoms with Crippen LogP contribution in [-0.2, 0) is 9.47 Å². The number of hydrogen-bond acceptors (Lipinski definition) is 4. The van der Waals surface area contributed by atoms with Crippen LogP contribution in [0.3, 0.4) is 0 Å². The molecule has 1 saturated heterocycles. The molecule has 0 bridgehead atoms. The summed E-state index contributed by atoms with van der Waals surface area (Å²) in [5.41, 5.74) is 0.0226. The van der Waals surface area contributed by atoms with Crippen LogP contribution < -0.4 is 16.0 Å². The SMILES string of the molecule is C[SiH2]CCCNC(=O)NC1CC(C)(C)CC(C)(CNC(=O)OCC2CO2)C1. The van der Waals surface area contributed by atoms with Gasteiger partial charge in [0.05, 0.1) is 6.61 Å². The summed E-state index contributed by atoms with van der Waals surface area (Å²) in [6.45, 7) is 11.2. The van der Waals surface area contributed by atoms with Gasteiger partial charge in [-0.15, -0.1) is 0 Å². The Kier molecular flexibility index (Phi) is 7.97. The van der Waals surface area contributed by atoms with E-state index < -0.39 is 6.09 Å². The van der Waals surface area contributed by atoms with E-state index in [1.807, 2.05) is 0 Å². The van der Waals surface area contributed by atoms with Crippen LogP contribution in [0.2, 0.25) is 12.6 Å². The standard InChI is InChI=1S/C19H37N3O4Si/c1-18(2)8-14(22-16(23)20-6-5-7-27-4)9-19(3,12-18)13-21-17(24)26-11-15-10-25-15/h14-15H,5-13,27H2,1-4H3,(H,21,24)(H2,20,22,23). The molecule has 7 nitrogen and oxygen atoms in total. The first-order valence-corrected chi connectivity index (χ1v) is 12.7. The number of carbonyl (C=O) groups is 2. The lowest BCUT2D eigenvalue weighted by molar-refractivity contribution is 0.0689. The fourth-order valence-electron chi connectivity index (χ4n) is 4.35. The van der Waals surface area contributed by atoms with Crippen molar-refractivity contribution in [3.63, 3.8) is 0 Å². The van der Waals surface area contributed by atoms with Crippen molar-refractivity contribution in [3.8, 4) is 0 Å². The van der Waals surface area contributed by atoms with Crippen molar-refractivity contribution in [1.82, 2.24) is 16.0 Å². The fraction of sp³-hybridized carbons (Fsp3) is 0.895. The van der Waals surface area contributed by atoms with E-state index in [4.69, 9.17) is 9.47 Å². The van der Waals surface area contributed by atoms with Crippen LogP contribution in [-0.4, -0.2) is 60.1 Å². The molecule has 1 saturated carbocycles. The summed E-state index contributed by atoms with van der Waals surface area (Å²) in [5, 5.41) is 9.01. The summed E-state index contributed by atoms with van der Waals surface area (Å²) in [6.07, 6.45) is 3.54. The zero-order chi connectivity index (χ0) is 19.9. The van der Waals surface area contributed by atoms with E-state index in [-0.39, 0.29) is 38.5 Å². The smallest absolute Gasteiger partial charge is 0.407 e. The number of urea groups is 1. The van der Waals surface area contributed by atoms with E-state index >= 15 is 0 Å². The predicted molar refractivity (Wildman–Crippen MR) is 109 cm³/mol. The van der Waals surface area contributed by atoms with E-state index in [9.17, 15) is 9.59 Å². The Morgan fingerprint density at radius 3 is 2.63 bits per heavy atom. The van der Waals surface area contributed by atoms with Crippen LogP contribution in [0.5, 0.6) is 0 Å². The lowest BCUT2D eigenvalue weighted by atomic mass is 9.62. The predicted octanol–water partition coefficient (Wildman–Crippen LogP) is 2.02. The van der Waals surface area contributed by atoms with Gasteiger partial charge in [-0.3, -0.25) is 0 Å². The third kappa shape index (κ3) is 8.51. The Labute approximate surface area is 165 Å².